The number of amides is 1. The summed E-state index contributed by atoms with van der Waals surface area (Å²) in [4.78, 5) is 14.5. The number of likely N-dealkylation sites (N-methyl/N-ethyl adjacent to an activating group) is 1. The summed E-state index contributed by atoms with van der Waals surface area (Å²) in [6, 6.07) is 16.8. The smallest absolute Gasteiger partial charge is 0.260 e. The van der Waals surface area contributed by atoms with Gasteiger partial charge in [0.15, 0.2) is 6.10 Å². The Morgan fingerprint density at radius 3 is 2.29 bits per heavy atom. The van der Waals surface area contributed by atoms with Gasteiger partial charge in [-0.2, -0.15) is 0 Å². The highest BCUT2D eigenvalue weighted by Gasteiger charge is 2.25. The van der Waals surface area contributed by atoms with Crippen molar-refractivity contribution in [2.24, 2.45) is 0 Å². The molecule has 0 radical (unpaired) electrons. The van der Waals surface area contributed by atoms with Crippen LogP contribution in [0.4, 0.5) is 11.4 Å². The lowest BCUT2D eigenvalue weighted by Gasteiger charge is -2.26. The van der Waals surface area contributed by atoms with E-state index in [9.17, 15) is 4.79 Å². The van der Waals surface area contributed by atoms with Crippen LogP contribution in [0.3, 0.4) is 0 Å². The van der Waals surface area contributed by atoms with E-state index in [-0.39, 0.29) is 5.91 Å². The normalized spacial score (nSPS) is 11.9. The van der Waals surface area contributed by atoms with E-state index in [4.69, 9.17) is 10.5 Å². The van der Waals surface area contributed by atoms with Crippen molar-refractivity contribution in [2.45, 2.75) is 13.0 Å². The molecule has 21 heavy (non-hydrogen) atoms. The third-order valence-electron chi connectivity index (χ3n) is 3.35. The van der Waals surface area contributed by atoms with Gasteiger partial charge in [-0.05, 0) is 36.8 Å². The fourth-order valence-corrected chi connectivity index (χ4v) is 2.27. The molecule has 0 spiro atoms. The first-order chi connectivity index (χ1) is 10.2. The van der Waals surface area contributed by atoms with E-state index < -0.39 is 6.10 Å². The molecule has 1 amide bonds. The molecule has 2 N–H and O–H groups in total. The molecule has 4 heteroatoms. The zero-order valence-corrected chi connectivity index (χ0v) is 12.3. The fraction of sp³-hybridized carbons (Fsp3) is 0.235. The van der Waals surface area contributed by atoms with Crippen LogP contribution >= 0.6 is 0 Å². The van der Waals surface area contributed by atoms with Crippen LogP contribution in [-0.4, -0.2) is 19.6 Å². The van der Waals surface area contributed by atoms with Crippen LogP contribution in [0.1, 0.15) is 18.6 Å². The largest absolute Gasteiger partial charge is 0.399 e. The van der Waals surface area contributed by atoms with Gasteiger partial charge in [0.05, 0.1) is 0 Å². The number of nitrogens with zero attached hydrogens (tertiary/aromatic N) is 1. The molecule has 0 aliphatic rings. The summed E-state index contributed by atoms with van der Waals surface area (Å²) >= 11 is 0. The number of nitrogen functional groups attached to an aromatic ring is 1. The van der Waals surface area contributed by atoms with Crippen molar-refractivity contribution in [1.29, 1.82) is 0 Å². The van der Waals surface area contributed by atoms with Crippen LogP contribution in [0, 0.1) is 0 Å². The molecule has 0 heterocycles. The van der Waals surface area contributed by atoms with Crippen molar-refractivity contribution in [1.82, 2.24) is 0 Å². The molecule has 0 aromatic heterocycles. The Morgan fingerprint density at radius 1 is 1.14 bits per heavy atom. The average Bonchev–Trinajstić information content (AvgIpc) is 2.52. The van der Waals surface area contributed by atoms with Crippen molar-refractivity contribution in [2.75, 3.05) is 24.3 Å². The minimum absolute atomic E-state index is 0.0871. The Bertz CT molecular complexity index is 581. The highest BCUT2D eigenvalue weighted by atomic mass is 16.5. The molecule has 0 saturated heterocycles. The van der Waals surface area contributed by atoms with Gasteiger partial charge in [0, 0.05) is 25.0 Å². The second-order valence-electron chi connectivity index (χ2n) is 4.70. The van der Waals surface area contributed by atoms with Crippen molar-refractivity contribution in [3.05, 3.63) is 60.2 Å². The predicted molar refractivity (Wildman–Crippen MR) is 85.1 cm³/mol. The summed E-state index contributed by atoms with van der Waals surface area (Å²) in [6.45, 7) is 2.50. The predicted octanol–water partition coefficient (Wildman–Crippen LogP) is 3.01. The van der Waals surface area contributed by atoms with Gasteiger partial charge in [-0.15, -0.1) is 0 Å². The molecule has 2 aromatic rings. The number of carbonyl (C=O) groups excluding carboxylic acids is 1. The topological polar surface area (TPSA) is 55.6 Å². The quantitative estimate of drug-likeness (QED) is 0.859. The maximum absolute atomic E-state index is 12.8. The van der Waals surface area contributed by atoms with Crippen LogP contribution in [0.15, 0.2) is 54.6 Å². The summed E-state index contributed by atoms with van der Waals surface area (Å²) in [5, 5.41) is 0. The first-order valence-corrected chi connectivity index (χ1v) is 6.92. The maximum Gasteiger partial charge on any atom is 0.260 e. The Labute approximate surface area is 125 Å². The third kappa shape index (κ3) is 3.41. The summed E-state index contributed by atoms with van der Waals surface area (Å²) in [7, 11) is 1.55. The van der Waals surface area contributed by atoms with Gasteiger partial charge in [0.25, 0.3) is 5.91 Å². The number of ether oxygens (including phenoxy) is 1. The van der Waals surface area contributed by atoms with Crippen LogP contribution in [0.25, 0.3) is 0 Å². The average molecular weight is 284 g/mol. The number of hydrogen-bond acceptors (Lipinski definition) is 3. The fourth-order valence-electron chi connectivity index (χ4n) is 2.27. The van der Waals surface area contributed by atoms with Crippen LogP contribution < -0.4 is 10.6 Å². The number of benzene rings is 2. The Balaban J connectivity index is 2.28. The Kier molecular flexibility index (Phi) is 4.95. The standard InChI is InChI=1S/C17H20N2O2/c1-3-19(15-11-9-14(18)10-12-15)17(20)16(21-2)13-7-5-4-6-8-13/h4-12,16H,3,18H2,1-2H3. The van der Waals surface area contributed by atoms with E-state index in [1.807, 2.05) is 49.4 Å². The molecule has 4 nitrogen and oxygen atoms in total. The number of nitrogens with two attached hydrogens (primary N) is 1. The van der Waals surface area contributed by atoms with E-state index in [0.29, 0.717) is 12.2 Å². The van der Waals surface area contributed by atoms with Crippen molar-refractivity contribution < 1.29 is 9.53 Å². The van der Waals surface area contributed by atoms with Gasteiger partial charge < -0.3 is 15.4 Å². The highest BCUT2D eigenvalue weighted by Crippen LogP contribution is 2.24. The van der Waals surface area contributed by atoms with Gasteiger partial charge in [-0.3, -0.25) is 4.79 Å². The van der Waals surface area contributed by atoms with Crippen molar-refractivity contribution in [3.8, 4) is 0 Å². The van der Waals surface area contributed by atoms with E-state index in [2.05, 4.69) is 0 Å². The highest BCUT2D eigenvalue weighted by molar-refractivity contribution is 5.97. The minimum Gasteiger partial charge on any atom is -0.399 e. The maximum atomic E-state index is 12.8. The second-order valence-corrected chi connectivity index (χ2v) is 4.70. The number of rotatable bonds is 5. The molecule has 110 valence electrons. The van der Waals surface area contributed by atoms with Crippen LogP contribution in [-0.2, 0) is 9.53 Å². The molecule has 0 saturated carbocycles. The van der Waals surface area contributed by atoms with E-state index in [1.54, 1.807) is 24.1 Å². The van der Waals surface area contributed by atoms with Crippen molar-refractivity contribution in [3.63, 3.8) is 0 Å². The first-order valence-electron chi connectivity index (χ1n) is 6.92. The molecule has 2 rings (SSSR count). The number of hydrogen-bond donors (Lipinski definition) is 1. The molecule has 1 atom stereocenters. The lowest BCUT2D eigenvalue weighted by Crippen LogP contribution is -2.35. The summed E-state index contributed by atoms with van der Waals surface area (Å²) in [6.07, 6.45) is -0.608. The number of carbonyl (C=O) groups is 1. The Morgan fingerprint density at radius 2 is 1.76 bits per heavy atom. The van der Waals surface area contributed by atoms with E-state index >= 15 is 0 Å². The van der Waals surface area contributed by atoms with Gasteiger partial charge in [-0.25, -0.2) is 0 Å². The molecule has 0 fully saturated rings. The first kappa shape index (κ1) is 15.1. The number of anilines is 2. The van der Waals surface area contributed by atoms with Gasteiger partial charge in [-0.1, -0.05) is 30.3 Å². The molecule has 1 unspecified atom stereocenters. The monoisotopic (exact) mass is 284 g/mol. The summed E-state index contributed by atoms with van der Waals surface area (Å²) < 4.78 is 5.41. The molecular formula is C17H20N2O2. The molecular weight excluding hydrogens is 264 g/mol. The third-order valence-corrected chi connectivity index (χ3v) is 3.35. The molecule has 2 aromatic carbocycles. The zero-order valence-electron chi connectivity index (χ0n) is 12.3. The lowest BCUT2D eigenvalue weighted by atomic mass is 10.1. The lowest BCUT2D eigenvalue weighted by molar-refractivity contribution is -0.128. The SMILES string of the molecule is CCN(C(=O)C(OC)c1ccccc1)c1ccc(N)cc1. The Hall–Kier alpha value is -2.33. The van der Waals surface area contributed by atoms with Gasteiger partial charge in [0.2, 0.25) is 0 Å². The van der Waals surface area contributed by atoms with Crippen LogP contribution in [0.5, 0.6) is 0 Å². The van der Waals surface area contributed by atoms with Gasteiger partial charge >= 0.3 is 0 Å². The van der Waals surface area contributed by atoms with E-state index in [0.717, 1.165) is 11.3 Å². The minimum atomic E-state index is -0.608. The molecule has 0 aliphatic heterocycles. The summed E-state index contributed by atoms with van der Waals surface area (Å²) in [5.74, 6) is -0.0871. The van der Waals surface area contributed by atoms with E-state index in [1.165, 1.54) is 0 Å². The molecule has 0 aliphatic carbocycles. The second kappa shape index (κ2) is 6.90. The van der Waals surface area contributed by atoms with Gasteiger partial charge in [0.1, 0.15) is 0 Å². The summed E-state index contributed by atoms with van der Waals surface area (Å²) in [5.41, 5.74) is 8.03. The van der Waals surface area contributed by atoms with Crippen molar-refractivity contribution >= 4 is 17.3 Å². The molecule has 0 bridgehead atoms. The zero-order chi connectivity index (χ0) is 15.2. The van der Waals surface area contributed by atoms with Crippen LogP contribution in [0.2, 0.25) is 0 Å². The number of methoxy groups -OCH3 is 1.